The summed E-state index contributed by atoms with van der Waals surface area (Å²) in [6.45, 7) is -1.55. The van der Waals surface area contributed by atoms with Crippen LogP contribution in [0.2, 0.25) is 0 Å². The molecule has 0 aromatic heterocycles. The molecule has 1 rings (SSSR count). The van der Waals surface area contributed by atoms with Crippen LogP contribution in [0.1, 0.15) is 17.3 Å². The van der Waals surface area contributed by atoms with Crippen LogP contribution in [0, 0.1) is 0 Å². The number of halogens is 2. The summed E-state index contributed by atoms with van der Waals surface area (Å²) in [5.41, 5.74) is 0.256. The van der Waals surface area contributed by atoms with E-state index in [1.165, 1.54) is 31.2 Å². The van der Waals surface area contributed by atoms with Gasteiger partial charge >= 0.3 is 6.61 Å². The van der Waals surface area contributed by atoms with Gasteiger partial charge in [0.2, 0.25) is 0 Å². The quantitative estimate of drug-likeness (QED) is 0.781. The van der Waals surface area contributed by atoms with Crippen molar-refractivity contribution >= 4 is 5.78 Å². The maximum absolute atomic E-state index is 11.8. The van der Waals surface area contributed by atoms with Gasteiger partial charge in [0, 0.05) is 5.56 Å². The van der Waals surface area contributed by atoms with E-state index in [0.29, 0.717) is 0 Å². The smallest absolute Gasteiger partial charge is 0.387 e. The van der Waals surface area contributed by atoms with E-state index >= 15 is 0 Å². The van der Waals surface area contributed by atoms with Gasteiger partial charge in [-0.3, -0.25) is 4.79 Å². The first-order valence-corrected chi connectivity index (χ1v) is 4.28. The van der Waals surface area contributed by atoms with Crippen molar-refractivity contribution in [2.45, 2.75) is 19.6 Å². The highest BCUT2D eigenvalue weighted by molar-refractivity contribution is 5.99. The molecule has 0 aliphatic heterocycles. The number of ketones is 1. The van der Waals surface area contributed by atoms with Crippen molar-refractivity contribution in [1.29, 1.82) is 0 Å². The first kappa shape index (κ1) is 11.6. The van der Waals surface area contributed by atoms with E-state index in [0.717, 1.165) is 0 Å². The third-order valence-corrected chi connectivity index (χ3v) is 1.74. The molecule has 1 N–H and O–H groups in total. The largest absolute Gasteiger partial charge is 0.435 e. The summed E-state index contributed by atoms with van der Waals surface area (Å²) < 4.78 is 27.7. The number of benzene rings is 1. The number of hydrogen-bond acceptors (Lipinski definition) is 3. The SMILES string of the molecule is CC(O)C(=O)c1ccc(OC(F)F)cc1. The highest BCUT2D eigenvalue weighted by Crippen LogP contribution is 2.15. The summed E-state index contributed by atoms with van der Waals surface area (Å²) in [6.07, 6.45) is -1.10. The Bertz CT molecular complexity index is 333. The Balaban J connectivity index is 2.76. The van der Waals surface area contributed by atoms with Crippen LogP contribution in [0.5, 0.6) is 5.75 Å². The monoisotopic (exact) mass is 216 g/mol. The molecule has 1 aromatic rings. The molecule has 0 heterocycles. The van der Waals surface area contributed by atoms with Gasteiger partial charge in [-0.05, 0) is 31.2 Å². The molecule has 0 aliphatic carbocycles. The Morgan fingerprint density at radius 2 is 1.87 bits per heavy atom. The normalized spacial score (nSPS) is 12.6. The number of alkyl halides is 2. The molecule has 0 spiro atoms. The van der Waals surface area contributed by atoms with Gasteiger partial charge in [0.25, 0.3) is 0 Å². The number of hydrogen-bond donors (Lipinski definition) is 1. The molecule has 15 heavy (non-hydrogen) atoms. The van der Waals surface area contributed by atoms with Crippen molar-refractivity contribution in [3.05, 3.63) is 29.8 Å². The Hall–Kier alpha value is -1.49. The lowest BCUT2D eigenvalue weighted by Gasteiger charge is -2.06. The van der Waals surface area contributed by atoms with E-state index < -0.39 is 18.5 Å². The zero-order valence-electron chi connectivity index (χ0n) is 7.98. The average molecular weight is 216 g/mol. The summed E-state index contributed by atoms with van der Waals surface area (Å²) >= 11 is 0. The van der Waals surface area contributed by atoms with E-state index in [1.54, 1.807) is 0 Å². The topological polar surface area (TPSA) is 46.5 Å². The van der Waals surface area contributed by atoms with Gasteiger partial charge in [-0.2, -0.15) is 8.78 Å². The Morgan fingerprint density at radius 1 is 1.33 bits per heavy atom. The molecule has 5 heteroatoms. The summed E-state index contributed by atoms with van der Waals surface area (Å²) in [6, 6.07) is 5.16. The Morgan fingerprint density at radius 3 is 2.27 bits per heavy atom. The van der Waals surface area contributed by atoms with Crippen molar-refractivity contribution in [1.82, 2.24) is 0 Å². The van der Waals surface area contributed by atoms with Gasteiger partial charge in [-0.1, -0.05) is 0 Å². The molecule has 0 amide bonds. The first-order chi connectivity index (χ1) is 7.00. The zero-order valence-corrected chi connectivity index (χ0v) is 7.98. The minimum absolute atomic E-state index is 0.0212. The molecule has 1 atom stereocenters. The van der Waals surface area contributed by atoms with Crippen LogP contribution >= 0.6 is 0 Å². The van der Waals surface area contributed by atoms with Crippen LogP contribution in [-0.4, -0.2) is 23.6 Å². The standard InChI is InChI=1S/C10H10F2O3/c1-6(13)9(14)7-2-4-8(5-3-7)15-10(11)12/h2-6,10,13H,1H3. The van der Waals surface area contributed by atoms with E-state index in [-0.39, 0.29) is 11.3 Å². The molecule has 3 nitrogen and oxygen atoms in total. The Kier molecular flexibility index (Phi) is 3.74. The summed E-state index contributed by atoms with van der Waals surface area (Å²) in [4.78, 5) is 11.2. The molecule has 0 saturated heterocycles. The number of rotatable bonds is 4. The van der Waals surface area contributed by atoms with Gasteiger partial charge in [-0.15, -0.1) is 0 Å². The summed E-state index contributed by atoms with van der Waals surface area (Å²) in [5, 5.41) is 8.99. The van der Waals surface area contributed by atoms with Gasteiger partial charge in [0.15, 0.2) is 5.78 Å². The predicted molar refractivity (Wildman–Crippen MR) is 49.1 cm³/mol. The van der Waals surface area contributed by atoms with Gasteiger partial charge in [-0.25, -0.2) is 0 Å². The maximum Gasteiger partial charge on any atom is 0.387 e. The van der Waals surface area contributed by atoms with Crippen LogP contribution in [0.3, 0.4) is 0 Å². The van der Waals surface area contributed by atoms with Crippen molar-refractivity contribution in [2.24, 2.45) is 0 Å². The maximum atomic E-state index is 11.8. The number of carbonyl (C=O) groups is 1. The second kappa shape index (κ2) is 4.84. The number of ether oxygens (including phenoxy) is 1. The lowest BCUT2D eigenvalue weighted by atomic mass is 10.1. The van der Waals surface area contributed by atoms with Gasteiger partial charge in [0.1, 0.15) is 11.9 Å². The molecule has 1 unspecified atom stereocenters. The fourth-order valence-electron chi connectivity index (χ4n) is 1.04. The van der Waals surface area contributed by atoms with E-state index in [2.05, 4.69) is 4.74 Å². The Labute approximate surface area is 85.3 Å². The lowest BCUT2D eigenvalue weighted by Crippen LogP contribution is -2.15. The molecule has 1 aromatic carbocycles. The number of carbonyl (C=O) groups excluding carboxylic acids is 1. The van der Waals surface area contributed by atoms with Crippen LogP contribution in [0.15, 0.2) is 24.3 Å². The van der Waals surface area contributed by atoms with E-state index in [1.807, 2.05) is 0 Å². The second-order valence-corrected chi connectivity index (χ2v) is 2.94. The summed E-state index contributed by atoms with van der Waals surface area (Å²) in [5.74, 6) is -0.481. The number of aliphatic hydroxyl groups excluding tert-OH is 1. The summed E-state index contributed by atoms with van der Waals surface area (Å²) in [7, 11) is 0. The van der Waals surface area contributed by atoms with Crippen molar-refractivity contribution in [2.75, 3.05) is 0 Å². The molecule has 0 bridgehead atoms. The molecule has 0 fully saturated rings. The molecule has 0 radical (unpaired) electrons. The van der Waals surface area contributed by atoms with Crippen LogP contribution in [0.4, 0.5) is 8.78 Å². The minimum Gasteiger partial charge on any atom is -0.435 e. The van der Waals surface area contributed by atoms with Crippen LogP contribution < -0.4 is 4.74 Å². The van der Waals surface area contributed by atoms with Crippen LogP contribution in [0.25, 0.3) is 0 Å². The highest BCUT2D eigenvalue weighted by Gasteiger charge is 2.12. The number of aliphatic hydroxyl groups is 1. The fraction of sp³-hybridized carbons (Fsp3) is 0.300. The second-order valence-electron chi connectivity index (χ2n) is 2.94. The molecular formula is C10H10F2O3. The van der Waals surface area contributed by atoms with E-state index in [4.69, 9.17) is 5.11 Å². The minimum atomic E-state index is -2.89. The lowest BCUT2D eigenvalue weighted by molar-refractivity contribution is -0.0498. The fourth-order valence-corrected chi connectivity index (χ4v) is 1.04. The predicted octanol–water partition coefficient (Wildman–Crippen LogP) is 1.85. The molecule has 0 saturated carbocycles. The zero-order chi connectivity index (χ0) is 11.4. The molecule has 82 valence electrons. The number of Topliss-reactive ketones (excluding diaryl/α,β-unsaturated/α-hetero) is 1. The van der Waals surface area contributed by atoms with Crippen LogP contribution in [-0.2, 0) is 0 Å². The van der Waals surface area contributed by atoms with Crippen molar-refractivity contribution in [3.63, 3.8) is 0 Å². The molecular weight excluding hydrogens is 206 g/mol. The highest BCUT2D eigenvalue weighted by atomic mass is 19.3. The first-order valence-electron chi connectivity index (χ1n) is 4.28. The van der Waals surface area contributed by atoms with E-state index in [9.17, 15) is 13.6 Å². The van der Waals surface area contributed by atoms with Crippen molar-refractivity contribution < 1.29 is 23.4 Å². The third-order valence-electron chi connectivity index (χ3n) is 1.74. The van der Waals surface area contributed by atoms with Crippen molar-refractivity contribution in [3.8, 4) is 5.75 Å². The third kappa shape index (κ3) is 3.28. The van der Waals surface area contributed by atoms with Gasteiger partial charge < -0.3 is 9.84 Å². The average Bonchev–Trinajstić information content (AvgIpc) is 2.17. The molecule has 0 aliphatic rings. The van der Waals surface area contributed by atoms with Gasteiger partial charge in [0.05, 0.1) is 0 Å².